The number of carboxylic acid groups (broad SMARTS) is 1. The minimum atomic E-state index is -0.999. The first-order chi connectivity index (χ1) is 8.19. The van der Waals surface area contributed by atoms with Crippen molar-refractivity contribution in [3.05, 3.63) is 29.8 Å². The zero-order chi connectivity index (χ0) is 12.7. The molecule has 1 atom stereocenters. The van der Waals surface area contributed by atoms with Gasteiger partial charge in [0.1, 0.15) is 12.4 Å². The lowest BCUT2D eigenvalue weighted by Crippen LogP contribution is -2.30. The maximum atomic E-state index is 10.9. The molecular weight excluding hydrogens is 220 g/mol. The first-order valence-corrected chi connectivity index (χ1v) is 5.74. The Kier molecular flexibility index (Phi) is 5.49. The highest BCUT2D eigenvalue weighted by Crippen LogP contribution is 2.18. The van der Waals surface area contributed by atoms with Crippen molar-refractivity contribution in [1.82, 2.24) is 0 Å². The molecule has 0 radical (unpaired) electrons. The second-order valence-corrected chi connectivity index (χ2v) is 3.55. The van der Waals surface area contributed by atoms with Crippen LogP contribution in [0.3, 0.4) is 0 Å². The van der Waals surface area contributed by atoms with E-state index >= 15 is 0 Å². The summed E-state index contributed by atoms with van der Waals surface area (Å²) in [7, 11) is 0. The number of carboxylic acids is 1. The summed E-state index contributed by atoms with van der Waals surface area (Å²) in [6.45, 7) is 4.17. The highest BCUT2D eigenvalue weighted by Gasteiger charge is 2.18. The molecule has 0 aromatic heterocycles. The van der Waals surface area contributed by atoms with E-state index in [-0.39, 0.29) is 6.61 Å². The van der Waals surface area contributed by atoms with Crippen LogP contribution in [0.4, 0.5) is 0 Å². The van der Waals surface area contributed by atoms with E-state index in [9.17, 15) is 4.79 Å². The van der Waals surface area contributed by atoms with E-state index in [1.54, 1.807) is 6.92 Å². The summed E-state index contributed by atoms with van der Waals surface area (Å²) in [5.74, 6) is -0.276. The molecule has 0 amide bonds. The molecule has 1 N–H and O–H groups in total. The fourth-order valence-electron chi connectivity index (χ4n) is 1.49. The molecule has 0 bridgehead atoms. The molecule has 1 unspecified atom stereocenters. The summed E-state index contributed by atoms with van der Waals surface area (Å²) >= 11 is 0. The van der Waals surface area contributed by atoms with Gasteiger partial charge in [0.15, 0.2) is 6.10 Å². The Hall–Kier alpha value is -1.55. The van der Waals surface area contributed by atoms with Crippen molar-refractivity contribution in [3.63, 3.8) is 0 Å². The van der Waals surface area contributed by atoms with Crippen molar-refractivity contribution >= 4 is 5.97 Å². The summed E-state index contributed by atoms with van der Waals surface area (Å²) in [5.41, 5.74) is 1.06. The number of para-hydroxylation sites is 1. The molecule has 17 heavy (non-hydrogen) atoms. The molecule has 0 aliphatic heterocycles. The highest BCUT2D eigenvalue weighted by molar-refractivity contribution is 5.72. The molecule has 1 aromatic carbocycles. The van der Waals surface area contributed by atoms with Crippen LogP contribution in [0.25, 0.3) is 0 Å². The van der Waals surface area contributed by atoms with E-state index < -0.39 is 12.1 Å². The molecule has 1 aromatic rings. The predicted octanol–water partition coefficient (Wildman–Crippen LogP) is 2.12. The van der Waals surface area contributed by atoms with Gasteiger partial charge in [-0.2, -0.15) is 0 Å². The largest absolute Gasteiger partial charge is 0.490 e. The van der Waals surface area contributed by atoms with Crippen LogP contribution in [0.15, 0.2) is 24.3 Å². The van der Waals surface area contributed by atoms with Gasteiger partial charge >= 0.3 is 5.97 Å². The molecule has 0 aliphatic rings. The van der Waals surface area contributed by atoms with E-state index in [4.69, 9.17) is 14.6 Å². The zero-order valence-electron chi connectivity index (χ0n) is 10.2. The fraction of sp³-hybridized carbons (Fsp3) is 0.462. The Bertz CT molecular complexity index is 362. The van der Waals surface area contributed by atoms with Gasteiger partial charge in [-0.25, -0.2) is 4.79 Å². The average molecular weight is 238 g/mol. The summed E-state index contributed by atoms with van der Waals surface area (Å²) in [6.07, 6.45) is -0.0624. The van der Waals surface area contributed by atoms with Crippen molar-refractivity contribution in [2.75, 3.05) is 13.2 Å². The second-order valence-electron chi connectivity index (χ2n) is 3.55. The number of ether oxygens (including phenoxy) is 2. The van der Waals surface area contributed by atoms with Gasteiger partial charge in [0, 0.05) is 6.61 Å². The molecule has 1 rings (SSSR count). The van der Waals surface area contributed by atoms with Crippen LogP contribution in [0.2, 0.25) is 0 Å². The molecule has 0 spiro atoms. The van der Waals surface area contributed by atoms with Gasteiger partial charge in [0.25, 0.3) is 0 Å². The van der Waals surface area contributed by atoms with Crippen LogP contribution in [0, 0.1) is 0 Å². The molecule has 0 fully saturated rings. The Labute approximate surface area is 101 Å². The van der Waals surface area contributed by atoms with Crippen molar-refractivity contribution in [2.45, 2.75) is 26.4 Å². The van der Waals surface area contributed by atoms with Crippen LogP contribution in [-0.2, 0) is 16.0 Å². The topological polar surface area (TPSA) is 55.8 Å². The molecule has 0 aliphatic carbocycles. The summed E-state index contributed by atoms with van der Waals surface area (Å²) < 4.78 is 10.6. The second kappa shape index (κ2) is 6.91. The van der Waals surface area contributed by atoms with Gasteiger partial charge in [0.05, 0.1) is 0 Å². The van der Waals surface area contributed by atoms with Crippen LogP contribution in [0.5, 0.6) is 5.75 Å². The molecule has 0 saturated heterocycles. The minimum absolute atomic E-state index is 0.0280. The Morgan fingerprint density at radius 1 is 1.35 bits per heavy atom. The lowest BCUT2D eigenvalue weighted by atomic mass is 10.1. The normalized spacial score (nSPS) is 12.1. The SMILES string of the molecule is CCOC(COc1ccccc1CC)C(=O)O. The molecule has 0 heterocycles. The maximum absolute atomic E-state index is 10.9. The third kappa shape index (κ3) is 4.07. The Morgan fingerprint density at radius 3 is 2.65 bits per heavy atom. The van der Waals surface area contributed by atoms with Gasteiger partial charge in [-0.3, -0.25) is 0 Å². The highest BCUT2D eigenvalue weighted by atomic mass is 16.5. The predicted molar refractivity (Wildman–Crippen MR) is 64.4 cm³/mol. The number of rotatable bonds is 7. The smallest absolute Gasteiger partial charge is 0.336 e. The average Bonchev–Trinajstić information content (AvgIpc) is 2.34. The Balaban J connectivity index is 2.61. The Morgan fingerprint density at radius 2 is 2.06 bits per heavy atom. The zero-order valence-corrected chi connectivity index (χ0v) is 10.2. The number of hydrogen-bond donors (Lipinski definition) is 1. The fourth-order valence-corrected chi connectivity index (χ4v) is 1.49. The van der Waals surface area contributed by atoms with Crippen LogP contribution in [0.1, 0.15) is 19.4 Å². The third-order valence-electron chi connectivity index (χ3n) is 2.39. The molecule has 94 valence electrons. The van der Waals surface area contributed by atoms with E-state index in [1.165, 1.54) is 0 Å². The van der Waals surface area contributed by atoms with E-state index in [0.29, 0.717) is 6.61 Å². The van der Waals surface area contributed by atoms with E-state index in [1.807, 2.05) is 31.2 Å². The van der Waals surface area contributed by atoms with Crippen LogP contribution in [-0.4, -0.2) is 30.4 Å². The maximum Gasteiger partial charge on any atom is 0.336 e. The quantitative estimate of drug-likeness (QED) is 0.790. The van der Waals surface area contributed by atoms with Crippen molar-refractivity contribution < 1.29 is 19.4 Å². The number of benzene rings is 1. The van der Waals surface area contributed by atoms with Crippen LogP contribution < -0.4 is 4.74 Å². The molecular formula is C13H18O4. The minimum Gasteiger partial charge on any atom is -0.490 e. The monoisotopic (exact) mass is 238 g/mol. The summed E-state index contributed by atoms with van der Waals surface area (Å²) in [5, 5.41) is 8.90. The molecule has 4 heteroatoms. The van der Waals surface area contributed by atoms with Crippen molar-refractivity contribution in [2.24, 2.45) is 0 Å². The van der Waals surface area contributed by atoms with Gasteiger partial charge < -0.3 is 14.6 Å². The van der Waals surface area contributed by atoms with Gasteiger partial charge in [-0.1, -0.05) is 25.1 Å². The number of aliphatic carboxylic acids is 1. The summed E-state index contributed by atoms with van der Waals surface area (Å²) in [4.78, 5) is 10.9. The number of aryl methyl sites for hydroxylation is 1. The lowest BCUT2D eigenvalue weighted by Gasteiger charge is -2.15. The van der Waals surface area contributed by atoms with E-state index in [2.05, 4.69) is 0 Å². The van der Waals surface area contributed by atoms with Gasteiger partial charge in [-0.15, -0.1) is 0 Å². The van der Waals surface area contributed by atoms with Gasteiger partial charge in [0.2, 0.25) is 0 Å². The number of hydrogen-bond acceptors (Lipinski definition) is 3. The van der Waals surface area contributed by atoms with Crippen molar-refractivity contribution in [3.8, 4) is 5.75 Å². The first-order valence-electron chi connectivity index (χ1n) is 5.74. The standard InChI is InChI=1S/C13H18O4/c1-3-10-7-5-6-8-11(10)17-9-12(13(14)15)16-4-2/h5-8,12H,3-4,9H2,1-2H3,(H,14,15). The number of carbonyl (C=O) groups is 1. The van der Waals surface area contributed by atoms with E-state index in [0.717, 1.165) is 17.7 Å². The summed E-state index contributed by atoms with van der Waals surface area (Å²) in [6, 6.07) is 7.60. The van der Waals surface area contributed by atoms with Crippen LogP contribution >= 0.6 is 0 Å². The first kappa shape index (κ1) is 13.5. The molecule has 4 nitrogen and oxygen atoms in total. The lowest BCUT2D eigenvalue weighted by molar-refractivity contribution is -0.152. The van der Waals surface area contributed by atoms with Gasteiger partial charge in [-0.05, 0) is 25.0 Å². The molecule has 0 saturated carbocycles. The third-order valence-corrected chi connectivity index (χ3v) is 2.39. The van der Waals surface area contributed by atoms with Crippen molar-refractivity contribution in [1.29, 1.82) is 0 Å².